The van der Waals surface area contributed by atoms with E-state index in [1.165, 1.54) is 5.56 Å². The van der Waals surface area contributed by atoms with E-state index in [1.807, 2.05) is 10.7 Å². The van der Waals surface area contributed by atoms with Gasteiger partial charge in [0, 0.05) is 18.6 Å². The lowest BCUT2D eigenvalue weighted by Gasteiger charge is -2.38. The zero-order valence-electron chi connectivity index (χ0n) is 14.4. The predicted octanol–water partition coefficient (Wildman–Crippen LogP) is 2.79. The Morgan fingerprint density at radius 2 is 1.88 bits per heavy atom. The van der Waals surface area contributed by atoms with E-state index < -0.39 is 0 Å². The second kappa shape index (κ2) is 7.25. The Balaban J connectivity index is 1.27. The van der Waals surface area contributed by atoms with Crippen LogP contribution in [0.2, 0.25) is 0 Å². The summed E-state index contributed by atoms with van der Waals surface area (Å²) in [6, 6.07) is 11.6. The molecule has 0 spiro atoms. The van der Waals surface area contributed by atoms with Gasteiger partial charge in [-0.3, -0.25) is 0 Å². The Kier molecular flexibility index (Phi) is 4.68. The maximum Gasteiger partial charge on any atom is 0.317 e. The number of aromatic nitrogens is 3. The highest BCUT2D eigenvalue weighted by Gasteiger charge is 2.43. The molecule has 0 saturated carbocycles. The third-order valence-electron chi connectivity index (χ3n) is 5.51. The Labute approximate surface area is 148 Å². The molecule has 132 valence electrons. The summed E-state index contributed by atoms with van der Waals surface area (Å²) in [5, 5.41) is 7.41. The lowest BCUT2D eigenvalue weighted by molar-refractivity contribution is 0.120. The van der Waals surface area contributed by atoms with Gasteiger partial charge in [0.05, 0.1) is 6.04 Å². The molecular formula is C19H25N5O. The molecule has 2 aliphatic heterocycles. The van der Waals surface area contributed by atoms with Crippen molar-refractivity contribution in [3.05, 3.63) is 48.5 Å². The molecule has 4 rings (SSSR count). The summed E-state index contributed by atoms with van der Waals surface area (Å²) in [4.78, 5) is 18.8. The highest BCUT2D eigenvalue weighted by molar-refractivity contribution is 5.75. The first kappa shape index (κ1) is 16.1. The largest absolute Gasteiger partial charge is 0.338 e. The van der Waals surface area contributed by atoms with Crippen molar-refractivity contribution in [3.63, 3.8) is 0 Å². The average Bonchev–Trinajstić information content (AvgIpc) is 3.26. The number of rotatable bonds is 5. The Bertz CT molecular complexity index is 673. The lowest BCUT2D eigenvalue weighted by atomic mass is 9.98. The van der Waals surface area contributed by atoms with Crippen LogP contribution in [-0.2, 0) is 6.42 Å². The van der Waals surface area contributed by atoms with Crippen LogP contribution >= 0.6 is 0 Å². The van der Waals surface area contributed by atoms with Crippen molar-refractivity contribution in [2.24, 2.45) is 0 Å². The number of benzene rings is 1. The minimum atomic E-state index is 0.109. The van der Waals surface area contributed by atoms with Crippen molar-refractivity contribution in [2.45, 2.75) is 56.7 Å². The molecule has 0 radical (unpaired) electrons. The molecule has 6 nitrogen and oxygen atoms in total. The number of carbonyl (C=O) groups excluding carboxylic acids is 1. The quantitative estimate of drug-likeness (QED) is 0.852. The van der Waals surface area contributed by atoms with Gasteiger partial charge in [-0.15, -0.1) is 0 Å². The van der Waals surface area contributed by atoms with Crippen molar-refractivity contribution >= 4 is 6.03 Å². The number of amides is 2. The predicted molar refractivity (Wildman–Crippen MR) is 95.1 cm³/mol. The molecule has 2 aromatic rings. The van der Waals surface area contributed by atoms with Crippen molar-refractivity contribution in [1.29, 1.82) is 0 Å². The van der Waals surface area contributed by atoms with Gasteiger partial charge in [-0.05, 0) is 44.1 Å². The molecule has 6 heteroatoms. The highest BCUT2D eigenvalue weighted by atomic mass is 16.2. The van der Waals surface area contributed by atoms with Crippen LogP contribution in [0.4, 0.5) is 4.79 Å². The van der Waals surface area contributed by atoms with E-state index in [0.29, 0.717) is 18.1 Å². The summed E-state index contributed by atoms with van der Waals surface area (Å²) < 4.78 is 1.96. The molecule has 2 unspecified atom stereocenters. The Hall–Kier alpha value is -2.37. The molecule has 25 heavy (non-hydrogen) atoms. The summed E-state index contributed by atoms with van der Waals surface area (Å²) in [6.45, 7) is 0.732. The first-order valence-corrected chi connectivity index (χ1v) is 9.25. The van der Waals surface area contributed by atoms with Crippen molar-refractivity contribution in [1.82, 2.24) is 25.0 Å². The number of piperidine rings is 1. The molecule has 1 aromatic heterocycles. The molecule has 2 bridgehead atoms. The van der Waals surface area contributed by atoms with Crippen molar-refractivity contribution in [2.75, 3.05) is 6.54 Å². The van der Waals surface area contributed by atoms with Crippen LogP contribution in [0.5, 0.6) is 0 Å². The zero-order chi connectivity index (χ0) is 17.1. The van der Waals surface area contributed by atoms with Crippen LogP contribution in [0.25, 0.3) is 0 Å². The molecular weight excluding hydrogens is 314 g/mol. The van der Waals surface area contributed by atoms with E-state index in [0.717, 1.165) is 45.1 Å². The number of carbonyl (C=O) groups is 1. The number of fused-ring (bicyclic) bond motifs is 2. The second-order valence-electron chi connectivity index (χ2n) is 7.11. The monoisotopic (exact) mass is 339 g/mol. The minimum Gasteiger partial charge on any atom is -0.338 e. The number of nitrogens with zero attached hydrogens (tertiary/aromatic N) is 4. The summed E-state index contributed by atoms with van der Waals surface area (Å²) in [7, 11) is 0. The van der Waals surface area contributed by atoms with Gasteiger partial charge in [0.25, 0.3) is 0 Å². The molecule has 0 aliphatic carbocycles. The SMILES string of the molecule is O=C(NCCCc1ccccc1)N1C2CCC1CC(n1cncn1)C2. The molecule has 2 atom stereocenters. The fourth-order valence-electron chi connectivity index (χ4n) is 4.33. The first-order chi connectivity index (χ1) is 12.3. The van der Waals surface area contributed by atoms with Gasteiger partial charge >= 0.3 is 6.03 Å². The van der Waals surface area contributed by atoms with Crippen LogP contribution in [0, 0.1) is 0 Å². The first-order valence-electron chi connectivity index (χ1n) is 9.25. The van der Waals surface area contributed by atoms with Gasteiger partial charge < -0.3 is 10.2 Å². The number of aryl methyl sites for hydroxylation is 1. The number of hydrogen-bond acceptors (Lipinski definition) is 3. The summed E-state index contributed by atoms with van der Waals surface area (Å²) in [5.74, 6) is 0. The number of urea groups is 1. The third kappa shape index (κ3) is 3.52. The second-order valence-corrected chi connectivity index (χ2v) is 7.11. The normalized spacial score (nSPS) is 25.1. The van der Waals surface area contributed by atoms with E-state index in [2.05, 4.69) is 44.6 Å². The van der Waals surface area contributed by atoms with Gasteiger partial charge in [-0.2, -0.15) is 5.10 Å². The van der Waals surface area contributed by atoms with Crippen LogP contribution in [-0.4, -0.2) is 44.3 Å². The van der Waals surface area contributed by atoms with Gasteiger partial charge in [0.1, 0.15) is 12.7 Å². The fourth-order valence-corrected chi connectivity index (χ4v) is 4.33. The fraction of sp³-hybridized carbons (Fsp3) is 0.526. The van der Waals surface area contributed by atoms with Crippen LogP contribution in [0.3, 0.4) is 0 Å². The van der Waals surface area contributed by atoms with E-state index in [9.17, 15) is 4.79 Å². The van der Waals surface area contributed by atoms with Gasteiger partial charge in [-0.25, -0.2) is 14.5 Å². The Morgan fingerprint density at radius 3 is 2.56 bits per heavy atom. The van der Waals surface area contributed by atoms with E-state index >= 15 is 0 Å². The Morgan fingerprint density at radius 1 is 1.12 bits per heavy atom. The number of nitrogens with one attached hydrogen (secondary N) is 1. The maximum absolute atomic E-state index is 12.6. The molecule has 1 N–H and O–H groups in total. The topological polar surface area (TPSA) is 63.1 Å². The summed E-state index contributed by atoms with van der Waals surface area (Å²) >= 11 is 0. The maximum atomic E-state index is 12.6. The van der Waals surface area contributed by atoms with Crippen LogP contribution < -0.4 is 5.32 Å². The minimum absolute atomic E-state index is 0.109. The van der Waals surface area contributed by atoms with Gasteiger partial charge in [0.15, 0.2) is 0 Å². The smallest absolute Gasteiger partial charge is 0.317 e. The van der Waals surface area contributed by atoms with Crippen molar-refractivity contribution in [3.8, 4) is 0 Å². The molecule has 2 saturated heterocycles. The van der Waals surface area contributed by atoms with E-state index in [4.69, 9.17) is 0 Å². The highest BCUT2D eigenvalue weighted by Crippen LogP contribution is 2.40. The van der Waals surface area contributed by atoms with Gasteiger partial charge in [-0.1, -0.05) is 30.3 Å². The van der Waals surface area contributed by atoms with Crippen molar-refractivity contribution < 1.29 is 4.79 Å². The molecule has 2 amide bonds. The van der Waals surface area contributed by atoms with Gasteiger partial charge in [0.2, 0.25) is 0 Å². The van der Waals surface area contributed by atoms with E-state index in [-0.39, 0.29) is 6.03 Å². The third-order valence-corrected chi connectivity index (χ3v) is 5.51. The number of hydrogen-bond donors (Lipinski definition) is 1. The standard InChI is InChI=1S/C19H25N5O/c25-19(21-10-4-7-15-5-2-1-3-6-15)24-16-8-9-17(24)12-18(11-16)23-14-20-13-22-23/h1-3,5-6,13-14,16-18H,4,7-12H2,(H,21,25). The average molecular weight is 339 g/mol. The van der Waals surface area contributed by atoms with E-state index in [1.54, 1.807) is 12.7 Å². The summed E-state index contributed by atoms with van der Waals surface area (Å²) in [5.41, 5.74) is 1.32. The lowest BCUT2D eigenvalue weighted by Crippen LogP contribution is -2.51. The summed E-state index contributed by atoms with van der Waals surface area (Å²) in [6.07, 6.45) is 9.54. The zero-order valence-corrected chi connectivity index (χ0v) is 14.4. The molecule has 2 aliphatic rings. The van der Waals surface area contributed by atoms with Crippen LogP contribution in [0.1, 0.15) is 43.7 Å². The molecule has 3 heterocycles. The molecule has 1 aromatic carbocycles. The molecule has 2 fully saturated rings. The van der Waals surface area contributed by atoms with Crippen LogP contribution in [0.15, 0.2) is 43.0 Å².